The minimum Gasteiger partial charge on any atom is -0.327 e. The molecule has 0 aliphatic carbocycles. The van der Waals surface area contributed by atoms with Crippen LogP contribution in [0.4, 0.5) is 5.69 Å². The lowest BCUT2D eigenvalue weighted by Crippen LogP contribution is -3.14. The van der Waals surface area contributed by atoms with Gasteiger partial charge in [-0.15, -0.1) is 11.3 Å². The molecule has 27 heavy (non-hydrogen) atoms. The molecule has 1 aromatic heterocycles. The molecule has 1 fully saturated rings. The molecule has 0 bridgehead atoms. The molecule has 3 aromatic rings. The van der Waals surface area contributed by atoms with Crippen molar-refractivity contribution >= 4 is 33.1 Å². The van der Waals surface area contributed by atoms with Crippen molar-refractivity contribution in [3.63, 3.8) is 0 Å². The molecule has 4 nitrogen and oxygen atoms in total. The average Bonchev–Trinajstić information content (AvgIpc) is 3.09. The predicted octanol–water partition coefficient (Wildman–Crippen LogP) is 3.31. The Kier molecular flexibility index (Phi) is 5.23. The van der Waals surface area contributed by atoms with E-state index < -0.39 is 0 Å². The van der Waals surface area contributed by atoms with Crippen molar-refractivity contribution in [1.29, 1.82) is 0 Å². The van der Waals surface area contributed by atoms with Gasteiger partial charge in [-0.2, -0.15) is 0 Å². The number of benzene rings is 2. The van der Waals surface area contributed by atoms with Crippen molar-refractivity contribution in [2.24, 2.45) is 0 Å². The van der Waals surface area contributed by atoms with E-state index in [0.29, 0.717) is 12.5 Å². The van der Waals surface area contributed by atoms with Crippen molar-refractivity contribution in [3.05, 3.63) is 58.6 Å². The number of para-hydroxylation sites is 1. The quantitative estimate of drug-likeness (QED) is 0.729. The Bertz CT molecular complexity index is 932. The first kappa shape index (κ1) is 18.1. The number of amides is 1. The van der Waals surface area contributed by atoms with Gasteiger partial charge in [-0.3, -0.25) is 4.79 Å². The highest BCUT2D eigenvalue weighted by atomic mass is 32.1. The summed E-state index contributed by atoms with van der Waals surface area (Å²) < 4.78 is 1.26. The smallest absolute Gasteiger partial charge is 0.279 e. The summed E-state index contributed by atoms with van der Waals surface area (Å²) in [6.45, 7) is 6.65. The van der Waals surface area contributed by atoms with Crippen molar-refractivity contribution in [1.82, 2.24) is 4.98 Å². The Morgan fingerprint density at radius 2 is 2.11 bits per heavy atom. The number of fused-ring (bicyclic) bond motifs is 1. The molecule has 2 heterocycles. The highest BCUT2D eigenvalue weighted by molar-refractivity contribution is 7.18. The predicted molar refractivity (Wildman–Crippen MR) is 112 cm³/mol. The summed E-state index contributed by atoms with van der Waals surface area (Å²) >= 11 is 1.81. The van der Waals surface area contributed by atoms with E-state index in [1.54, 1.807) is 11.3 Å². The van der Waals surface area contributed by atoms with Gasteiger partial charge in [0.25, 0.3) is 5.91 Å². The maximum atomic E-state index is 12.6. The van der Waals surface area contributed by atoms with Gasteiger partial charge in [0.2, 0.25) is 0 Å². The van der Waals surface area contributed by atoms with Gasteiger partial charge < -0.3 is 10.2 Å². The van der Waals surface area contributed by atoms with Gasteiger partial charge in [0.1, 0.15) is 5.01 Å². The Labute approximate surface area is 164 Å². The second-order valence-electron chi connectivity index (χ2n) is 7.61. The van der Waals surface area contributed by atoms with E-state index in [1.165, 1.54) is 21.0 Å². The summed E-state index contributed by atoms with van der Waals surface area (Å²) in [5.41, 5.74) is 4.29. The van der Waals surface area contributed by atoms with Crippen LogP contribution in [0.3, 0.4) is 0 Å². The van der Waals surface area contributed by atoms with Crippen LogP contribution in [0.1, 0.15) is 34.9 Å². The highest BCUT2D eigenvalue weighted by Gasteiger charge is 2.28. The molecule has 1 aliphatic rings. The van der Waals surface area contributed by atoms with Crippen LogP contribution < -0.4 is 10.2 Å². The number of likely N-dealkylation sites (tertiary alicyclic amines) is 1. The summed E-state index contributed by atoms with van der Waals surface area (Å²) in [5.74, 6) is 0.559. The number of aryl methyl sites for hydroxylation is 2. The number of anilines is 1. The lowest BCUT2D eigenvalue weighted by Gasteiger charge is -2.28. The molecular formula is C22H26N3OS+. The van der Waals surface area contributed by atoms with Crippen molar-refractivity contribution in [3.8, 4) is 0 Å². The molecule has 1 unspecified atom stereocenters. The van der Waals surface area contributed by atoms with E-state index in [-0.39, 0.29) is 5.91 Å². The molecule has 4 rings (SSSR count). The van der Waals surface area contributed by atoms with Crippen LogP contribution in [0.15, 0.2) is 42.5 Å². The van der Waals surface area contributed by atoms with Crippen molar-refractivity contribution < 1.29 is 9.69 Å². The van der Waals surface area contributed by atoms with Gasteiger partial charge in [-0.05, 0) is 56.0 Å². The molecule has 0 radical (unpaired) electrons. The first-order valence-corrected chi connectivity index (χ1v) is 10.5. The largest absolute Gasteiger partial charge is 0.327 e. The third-order valence-corrected chi connectivity index (χ3v) is 6.55. The minimum atomic E-state index is 0.101. The Morgan fingerprint density at radius 1 is 1.26 bits per heavy atom. The summed E-state index contributed by atoms with van der Waals surface area (Å²) in [4.78, 5) is 18.8. The van der Waals surface area contributed by atoms with Crippen LogP contribution >= 0.6 is 11.3 Å². The van der Waals surface area contributed by atoms with Crippen LogP contribution in [0.2, 0.25) is 0 Å². The Morgan fingerprint density at radius 3 is 2.96 bits per heavy atom. The third kappa shape index (κ3) is 4.20. The number of rotatable bonds is 4. The second-order valence-corrected chi connectivity index (χ2v) is 8.67. The number of piperidine rings is 1. The molecule has 2 N–H and O–H groups in total. The topological polar surface area (TPSA) is 46.4 Å². The molecular weight excluding hydrogens is 354 g/mol. The maximum absolute atomic E-state index is 12.6. The molecule has 1 amide bonds. The third-order valence-electron chi connectivity index (χ3n) is 5.36. The summed E-state index contributed by atoms with van der Waals surface area (Å²) in [6, 6.07) is 14.5. The fourth-order valence-electron chi connectivity index (χ4n) is 3.88. The van der Waals surface area contributed by atoms with Gasteiger partial charge in [-0.25, -0.2) is 4.98 Å². The molecule has 2 atom stereocenters. The minimum absolute atomic E-state index is 0.101. The fraction of sp³-hybridized carbons (Fsp3) is 0.364. The van der Waals surface area contributed by atoms with Gasteiger partial charge in [0, 0.05) is 5.69 Å². The number of quaternary nitrogens is 1. The fourth-order valence-corrected chi connectivity index (χ4v) is 4.98. The van der Waals surface area contributed by atoms with Crippen LogP contribution in [0.25, 0.3) is 10.2 Å². The SMILES string of the molecule is Cc1ccc(C)c(NC(=O)C[NH+]2CCC[C@@H](c3nc4ccccc4s3)C2)c1. The van der Waals surface area contributed by atoms with Crippen LogP contribution in [0, 0.1) is 13.8 Å². The highest BCUT2D eigenvalue weighted by Crippen LogP contribution is 2.30. The molecule has 1 saturated heterocycles. The zero-order valence-electron chi connectivity index (χ0n) is 15.9. The number of thiazole rings is 1. The number of carbonyl (C=O) groups excluding carboxylic acids is 1. The van der Waals surface area contributed by atoms with Gasteiger partial charge in [0.05, 0.1) is 29.2 Å². The number of hydrogen-bond acceptors (Lipinski definition) is 3. The van der Waals surface area contributed by atoms with Crippen molar-refractivity contribution in [2.45, 2.75) is 32.6 Å². The zero-order chi connectivity index (χ0) is 18.8. The standard InChI is InChI=1S/C22H25N3OS/c1-15-9-10-16(2)19(12-15)23-21(26)14-25-11-5-6-17(13-25)22-24-18-7-3-4-8-20(18)27-22/h3-4,7-10,12,17H,5-6,11,13-14H2,1-2H3,(H,23,26)/p+1/t17-/m1/s1. The van der Waals surface area contributed by atoms with Gasteiger partial charge in [-0.1, -0.05) is 24.3 Å². The van der Waals surface area contributed by atoms with E-state index in [9.17, 15) is 4.79 Å². The Hall–Kier alpha value is -2.24. The monoisotopic (exact) mass is 380 g/mol. The van der Waals surface area contributed by atoms with E-state index >= 15 is 0 Å². The first-order valence-electron chi connectivity index (χ1n) is 9.64. The van der Waals surface area contributed by atoms with Gasteiger partial charge in [0.15, 0.2) is 6.54 Å². The number of carbonyl (C=O) groups is 1. The Balaban J connectivity index is 1.40. The van der Waals surface area contributed by atoms with Crippen LogP contribution in [0.5, 0.6) is 0 Å². The normalized spacial score (nSPS) is 19.9. The van der Waals surface area contributed by atoms with Crippen LogP contribution in [-0.2, 0) is 4.79 Å². The van der Waals surface area contributed by atoms with E-state index in [1.807, 2.05) is 26.0 Å². The number of nitrogens with zero attached hydrogens (tertiary/aromatic N) is 1. The summed E-state index contributed by atoms with van der Waals surface area (Å²) in [6.07, 6.45) is 2.31. The van der Waals surface area contributed by atoms with E-state index in [2.05, 4.69) is 35.6 Å². The molecule has 5 heteroatoms. The molecule has 0 saturated carbocycles. The zero-order valence-corrected chi connectivity index (χ0v) is 16.7. The lowest BCUT2D eigenvalue weighted by molar-refractivity contribution is -0.898. The molecule has 1 aliphatic heterocycles. The maximum Gasteiger partial charge on any atom is 0.279 e. The van der Waals surface area contributed by atoms with E-state index in [4.69, 9.17) is 4.98 Å². The van der Waals surface area contributed by atoms with Crippen LogP contribution in [-0.4, -0.2) is 30.5 Å². The van der Waals surface area contributed by atoms with Gasteiger partial charge >= 0.3 is 0 Å². The first-order chi connectivity index (χ1) is 13.1. The molecule has 0 spiro atoms. The summed E-state index contributed by atoms with van der Waals surface area (Å²) in [7, 11) is 0. The number of nitrogens with one attached hydrogen (secondary N) is 2. The second kappa shape index (κ2) is 7.79. The number of hydrogen-bond donors (Lipinski definition) is 2. The molecule has 2 aromatic carbocycles. The average molecular weight is 381 g/mol. The van der Waals surface area contributed by atoms with Crippen molar-refractivity contribution in [2.75, 3.05) is 25.0 Å². The lowest BCUT2D eigenvalue weighted by atomic mass is 9.99. The summed E-state index contributed by atoms with van der Waals surface area (Å²) in [5, 5.41) is 4.33. The number of aromatic nitrogens is 1. The molecule has 140 valence electrons. The van der Waals surface area contributed by atoms with E-state index in [0.717, 1.165) is 41.8 Å².